The molecule has 4 nitrogen and oxygen atoms in total. The van der Waals surface area contributed by atoms with Crippen LogP contribution in [0.2, 0.25) is 0 Å². The molecule has 0 bridgehead atoms. The van der Waals surface area contributed by atoms with E-state index in [1.54, 1.807) is 0 Å². The van der Waals surface area contributed by atoms with E-state index in [0.29, 0.717) is 12.5 Å². The number of piperidine rings is 1. The molecule has 0 saturated carbocycles. The van der Waals surface area contributed by atoms with Crippen LogP contribution in [0.3, 0.4) is 0 Å². The zero-order valence-corrected chi connectivity index (χ0v) is 11.4. The minimum absolute atomic E-state index is 0.0885. The maximum absolute atomic E-state index is 11.7. The number of amides is 1. The van der Waals surface area contributed by atoms with Crippen LogP contribution in [0, 0.1) is 12.8 Å². The van der Waals surface area contributed by atoms with Gasteiger partial charge in [-0.15, -0.1) is 0 Å². The van der Waals surface area contributed by atoms with Crippen LogP contribution < -0.4 is 10.6 Å². The predicted molar refractivity (Wildman–Crippen MR) is 76.2 cm³/mol. The smallest absolute Gasteiger partial charge is 0.250 e. The van der Waals surface area contributed by atoms with Gasteiger partial charge in [0.15, 0.2) is 0 Å². The largest absolute Gasteiger partial charge is 0.371 e. The van der Waals surface area contributed by atoms with Crippen LogP contribution in [-0.2, 0) is 9.53 Å². The summed E-state index contributed by atoms with van der Waals surface area (Å²) in [5.74, 6) is 0.454. The van der Waals surface area contributed by atoms with E-state index in [2.05, 4.69) is 10.6 Å². The molecule has 0 spiro atoms. The highest BCUT2D eigenvalue weighted by Gasteiger charge is 2.13. The van der Waals surface area contributed by atoms with Crippen molar-refractivity contribution >= 4 is 11.6 Å². The van der Waals surface area contributed by atoms with Gasteiger partial charge < -0.3 is 15.4 Å². The molecule has 0 radical (unpaired) electrons. The maximum Gasteiger partial charge on any atom is 0.250 e. The average molecular weight is 262 g/mol. The van der Waals surface area contributed by atoms with Gasteiger partial charge in [-0.25, -0.2) is 0 Å². The first kappa shape index (κ1) is 14.0. The highest BCUT2D eigenvalue weighted by molar-refractivity contribution is 5.91. The second-order valence-electron chi connectivity index (χ2n) is 5.15. The summed E-state index contributed by atoms with van der Waals surface area (Å²) in [4.78, 5) is 11.7. The van der Waals surface area contributed by atoms with Gasteiger partial charge in [0, 0.05) is 12.2 Å². The molecule has 1 heterocycles. The van der Waals surface area contributed by atoms with E-state index in [4.69, 9.17) is 4.74 Å². The van der Waals surface area contributed by atoms with Crippen LogP contribution in [0.5, 0.6) is 0 Å². The number of nitrogens with one attached hydrogen (secondary N) is 2. The van der Waals surface area contributed by atoms with Crippen LogP contribution in [0.15, 0.2) is 24.3 Å². The summed E-state index contributed by atoms with van der Waals surface area (Å²) < 4.78 is 5.49. The molecular formula is C15H22N2O2. The molecular weight excluding hydrogens is 240 g/mol. The summed E-state index contributed by atoms with van der Waals surface area (Å²) >= 11 is 0. The molecule has 4 heteroatoms. The Morgan fingerprint density at radius 3 is 3.16 bits per heavy atom. The molecule has 2 rings (SSSR count). The van der Waals surface area contributed by atoms with Crippen molar-refractivity contribution in [1.29, 1.82) is 0 Å². The summed E-state index contributed by atoms with van der Waals surface area (Å²) in [7, 11) is 0. The summed E-state index contributed by atoms with van der Waals surface area (Å²) in [6.07, 6.45) is 2.38. The number of rotatable bonds is 5. The van der Waals surface area contributed by atoms with Gasteiger partial charge in [-0.2, -0.15) is 0 Å². The van der Waals surface area contributed by atoms with Crippen molar-refractivity contribution < 1.29 is 9.53 Å². The third kappa shape index (κ3) is 5.01. The molecule has 104 valence electrons. The fourth-order valence-corrected chi connectivity index (χ4v) is 2.30. The van der Waals surface area contributed by atoms with Crippen molar-refractivity contribution in [3.05, 3.63) is 29.8 Å². The highest BCUT2D eigenvalue weighted by Crippen LogP contribution is 2.11. The van der Waals surface area contributed by atoms with Crippen LogP contribution in [0.4, 0.5) is 5.69 Å². The van der Waals surface area contributed by atoms with Gasteiger partial charge in [-0.1, -0.05) is 12.1 Å². The third-order valence-corrected chi connectivity index (χ3v) is 3.29. The normalized spacial score (nSPS) is 19.1. The number of anilines is 1. The minimum Gasteiger partial charge on any atom is -0.371 e. The topological polar surface area (TPSA) is 50.4 Å². The lowest BCUT2D eigenvalue weighted by Gasteiger charge is -2.22. The van der Waals surface area contributed by atoms with E-state index in [9.17, 15) is 4.79 Å². The number of carbonyl (C=O) groups excluding carboxylic acids is 1. The lowest BCUT2D eigenvalue weighted by Crippen LogP contribution is -2.33. The second kappa shape index (κ2) is 7.26. The molecule has 1 aliphatic rings. The molecule has 1 unspecified atom stereocenters. The molecule has 19 heavy (non-hydrogen) atoms. The first-order valence-corrected chi connectivity index (χ1v) is 6.89. The molecule has 1 amide bonds. The Morgan fingerprint density at radius 1 is 1.53 bits per heavy atom. The summed E-state index contributed by atoms with van der Waals surface area (Å²) in [6.45, 7) is 4.89. The monoisotopic (exact) mass is 262 g/mol. The van der Waals surface area contributed by atoms with Gasteiger partial charge in [-0.3, -0.25) is 4.79 Å². The molecule has 0 aromatic heterocycles. The van der Waals surface area contributed by atoms with Gasteiger partial charge in [0.2, 0.25) is 5.91 Å². The Morgan fingerprint density at radius 2 is 2.42 bits per heavy atom. The van der Waals surface area contributed by atoms with E-state index in [0.717, 1.165) is 24.3 Å². The third-order valence-electron chi connectivity index (χ3n) is 3.29. The van der Waals surface area contributed by atoms with Crippen molar-refractivity contribution in [2.45, 2.75) is 19.8 Å². The number of benzene rings is 1. The molecule has 1 saturated heterocycles. The van der Waals surface area contributed by atoms with E-state index in [-0.39, 0.29) is 12.5 Å². The lowest BCUT2D eigenvalue weighted by molar-refractivity contribution is -0.121. The molecule has 0 aliphatic carbocycles. The van der Waals surface area contributed by atoms with Gasteiger partial charge in [-0.05, 0) is 49.9 Å². The fourth-order valence-electron chi connectivity index (χ4n) is 2.30. The van der Waals surface area contributed by atoms with Gasteiger partial charge in [0.1, 0.15) is 6.61 Å². The number of hydrogen-bond acceptors (Lipinski definition) is 3. The Hall–Kier alpha value is -1.39. The first-order valence-electron chi connectivity index (χ1n) is 6.89. The molecule has 1 fully saturated rings. The highest BCUT2D eigenvalue weighted by atomic mass is 16.5. The van der Waals surface area contributed by atoms with Crippen LogP contribution >= 0.6 is 0 Å². The standard InChI is InChI=1S/C15H22N2O2/c1-12-4-2-6-14(8-12)17-15(18)11-19-10-13-5-3-7-16-9-13/h2,4,6,8,13,16H,3,5,7,9-11H2,1H3,(H,17,18). The Bertz CT molecular complexity index is 414. The zero-order valence-electron chi connectivity index (χ0n) is 11.4. The Kier molecular flexibility index (Phi) is 5.36. The average Bonchev–Trinajstić information content (AvgIpc) is 2.40. The van der Waals surface area contributed by atoms with Gasteiger partial charge in [0.05, 0.1) is 6.61 Å². The summed E-state index contributed by atoms with van der Waals surface area (Å²) in [6, 6.07) is 7.76. The van der Waals surface area contributed by atoms with Crippen molar-refractivity contribution in [2.75, 3.05) is 31.6 Å². The van der Waals surface area contributed by atoms with E-state index >= 15 is 0 Å². The van der Waals surface area contributed by atoms with Crippen LogP contribution in [0.1, 0.15) is 18.4 Å². The predicted octanol–water partition coefficient (Wildman–Crippen LogP) is 1.95. The van der Waals surface area contributed by atoms with Gasteiger partial charge >= 0.3 is 0 Å². The van der Waals surface area contributed by atoms with Gasteiger partial charge in [0.25, 0.3) is 0 Å². The van der Waals surface area contributed by atoms with Crippen molar-refractivity contribution in [3.63, 3.8) is 0 Å². The first-order chi connectivity index (χ1) is 9.24. The SMILES string of the molecule is Cc1cccc(NC(=O)COCC2CCCNC2)c1. The molecule has 2 N–H and O–H groups in total. The summed E-state index contributed by atoms with van der Waals surface area (Å²) in [5, 5.41) is 6.18. The molecule has 1 aliphatic heterocycles. The fraction of sp³-hybridized carbons (Fsp3) is 0.533. The summed E-state index contributed by atoms with van der Waals surface area (Å²) in [5.41, 5.74) is 1.96. The molecule has 1 aromatic carbocycles. The van der Waals surface area contributed by atoms with Crippen molar-refractivity contribution in [2.24, 2.45) is 5.92 Å². The number of ether oxygens (including phenoxy) is 1. The molecule has 1 atom stereocenters. The maximum atomic E-state index is 11.7. The zero-order chi connectivity index (χ0) is 13.5. The Balaban J connectivity index is 1.67. The number of carbonyl (C=O) groups is 1. The molecule has 1 aromatic rings. The quantitative estimate of drug-likeness (QED) is 0.852. The van der Waals surface area contributed by atoms with Crippen LogP contribution in [0.25, 0.3) is 0 Å². The van der Waals surface area contributed by atoms with E-state index < -0.39 is 0 Å². The van der Waals surface area contributed by atoms with E-state index in [1.807, 2.05) is 31.2 Å². The van der Waals surface area contributed by atoms with Crippen LogP contribution in [-0.4, -0.2) is 32.2 Å². The number of hydrogen-bond donors (Lipinski definition) is 2. The van der Waals surface area contributed by atoms with E-state index in [1.165, 1.54) is 12.8 Å². The Labute approximate surface area is 114 Å². The minimum atomic E-state index is -0.0885. The van der Waals surface area contributed by atoms with Crippen molar-refractivity contribution in [1.82, 2.24) is 5.32 Å². The second-order valence-corrected chi connectivity index (χ2v) is 5.15. The number of aryl methyl sites for hydroxylation is 1. The van der Waals surface area contributed by atoms with Crippen molar-refractivity contribution in [3.8, 4) is 0 Å². The lowest BCUT2D eigenvalue weighted by atomic mass is 10.0.